The molecule has 2 atom stereocenters. The zero-order valence-corrected chi connectivity index (χ0v) is 19.6. The largest absolute Gasteiger partial charge is 0.394 e. The minimum absolute atomic E-state index is 0.0864. The van der Waals surface area contributed by atoms with E-state index >= 15 is 0 Å². The Kier molecular flexibility index (Phi) is 18.4. The molecule has 0 aromatic heterocycles. The van der Waals surface area contributed by atoms with Crippen LogP contribution in [0.4, 0.5) is 0 Å². The van der Waals surface area contributed by atoms with E-state index in [0.717, 1.165) is 18.3 Å². The third-order valence-electron chi connectivity index (χ3n) is 6.73. The van der Waals surface area contributed by atoms with Gasteiger partial charge in [-0.1, -0.05) is 116 Å². The Bertz CT molecular complexity index is 330. The van der Waals surface area contributed by atoms with Crippen LogP contribution in [0, 0.1) is 11.8 Å². The van der Waals surface area contributed by atoms with Crippen molar-refractivity contribution in [3.05, 3.63) is 0 Å². The van der Waals surface area contributed by atoms with Crippen LogP contribution < -0.4 is 0 Å². The Balaban J connectivity index is 1.71. The molecule has 2 N–H and O–H groups in total. The predicted octanol–water partition coefficient (Wildman–Crippen LogP) is 7.03. The maximum atomic E-state index is 8.92. The first-order valence-corrected chi connectivity index (χ1v) is 13.1. The smallest absolute Gasteiger partial charge is 0.104 e. The highest BCUT2D eigenvalue weighted by molar-refractivity contribution is 4.85. The molecule has 0 aromatic rings. The standard InChI is InChI=1S/C26H52O3/c1-2-3-4-5-12-15-18-24-21-25(24)19-16-13-10-8-6-7-9-11-14-17-20-29-26(22-27)23-28/h24-28H,2-23H2,1H3/t24-,25+/m1/s1. The molecule has 0 aliphatic heterocycles. The van der Waals surface area contributed by atoms with E-state index < -0.39 is 0 Å². The summed E-state index contributed by atoms with van der Waals surface area (Å²) in [5, 5.41) is 17.8. The SMILES string of the molecule is CCCCCCCC[C@@H]1C[C@@H]1CCCCCCCCCCCCOC(CO)CO. The second kappa shape index (κ2) is 19.8. The highest BCUT2D eigenvalue weighted by Gasteiger charge is 2.34. The molecule has 0 amide bonds. The van der Waals surface area contributed by atoms with E-state index in [2.05, 4.69) is 6.92 Å². The molecule has 1 aliphatic rings. The molecule has 0 unspecified atom stereocenters. The molecule has 1 fully saturated rings. The molecular formula is C26H52O3. The molecule has 1 saturated carbocycles. The average molecular weight is 413 g/mol. The molecule has 0 saturated heterocycles. The van der Waals surface area contributed by atoms with Crippen LogP contribution in [-0.4, -0.2) is 36.1 Å². The Labute approximate surface area is 182 Å². The van der Waals surface area contributed by atoms with E-state index in [1.807, 2.05) is 0 Å². The lowest BCUT2D eigenvalue weighted by Crippen LogP contribution is -2.22. The Morgan fingerprint density at radius 3 is 1.48 bits per heavy atom. The highest BCUT2D eigenvalue weighted by Crippen LogP contribution is 2.45. The first-order valence-electron chi connectivity index (χ1n) is 13.1. The lowest BCUT2D eigenvalue weighted by Gasteiger charge is -2.11. The van der Waals surface area contributed by atoms with E-state index in [9.17, 15) is 0 Å². The maximum absolute atomic E-state index is 8.92. The van der Waals surface area contributed by atoms with Gasteiger partial charge in [0.25, 0.3) is 0 Å². The van der Waals surface area contributed by atoms with Crippen molar-refractivity contribution >= 4 is 0 Å². The van der Waals surface area contributed by atoms with Crippen LogP contribution in [0.3, 0.4) is 0 Å². The van der Waals surface area contributed by atoms with Crippen LogP contribution in [0.2, 0.25) is 0 Å². The number of aliphatic hydroxyl groups excluding tert-OH is 2. The summed E-state index contributed by atoms with van der Waals surface area (Å²) >= 11 is 0. The van der Waals surface area contributed by atoms with Crippen molar-refractivity contribution in [2.24, 2.45) is 11.8 Å². The van der Waals surface area contributed by atoms with E-state index in [1.165, 1.54) is 109 Å². The van der Waals surface area contributed by atoms with Gasteiger partial charge in [0.15, 0.2) is 0 Å². The second-order valence-corrected chi connectivity index (χ2v) is 9.49. The summed E-state index contributed by atoms with van der Waals surface area (Å²) in [5.74, 6) is 2.20. The molecule has 29 heavy (non-hydrogen) atoms. The molecule has 174 valence electrons. The van der Waals surface area contributed by atoms with E-state index in [-0.39, 0.29) is 19.3 Å². The molecule has 1 rings (SSSR count). The quantitative estimate of drug-likeness (QED) is 0.177. The van der Waals surface area contributed by atoms with Gasteiger partial charge in [-0.05, 0) is 24.7 Å². The van der Waals surface area contributed by atoms with Crippen molar-refractivity contribution in [2.45, 2.75) is 135 Å². The van der Waals surface area contributed by atoms with Gasteiger partial charge in [-0.15, -0.1) is 0 Å². The van der Waals surface area contributed by atoms with E-state index in [4.69, 9.17) is 14.9 Å². The molecular weight excluding hydrogens is 360 g/mol. The minimum Gasteiger partial charge on any atom is -0.394 e. The lowest BCUT2D eigenvalue weighted by molar-refractivity contribution is -0.0208. The molecule has 0 bridgehead atoms. The van der Waals surface area contributed by atoms with Crippen LogP contribution in [0.25, 0.3) is 0 Å². The Morgan fingerprint density at radius 2 is 1.03 bits per heavy atom. The molecule has 3 nitrogen and oxygen atoms in total. The summed E-state index contributed by atoms with van der Waals surface area (Å²) in [7, 11) is 0. The van der Waals surface area contributed by atoms with Crippen LogP contribution in [-0.2, 0) is 4.74 Å². The third-order valence-corrected chi connectivity index (χ3v) is 6.73. The van der Waals surface area contributed by atoms with Gasteiger partial charge < -0.3 is 14.9 Å². The lowest BCUT2D eigenvalue weighted by atomic mass is 10.0. The van der Waals surface area contributed by atoms with Crippen molar-refractivity contribution in [2.75, 3.05) is 19.8 Å². The fraction of sp³-hybridized carbons (Fsp3) is 1.00. The van der Waals surface area contributed by atoms with Crippen LogP contribution in [0.5, 0.6) is 0 Å². The Morgan fingerprint density at radius 1 is 0.621 bits per heavy atom. The average Bonchev–Trinajstić information content (AvgIpc) is 3.49. The van der Waals surface area contributed by atoms with Crippen LogP contribution in [0.15, 0.2) is 0 Å². The van der Waals surface area contributed by atoms with Gasteiger partial charge >= 0.3 is 0 Å². The summed E-state index contributed by atoms with van der Waals surface area (Å²) < 4.78 is 5.39. The molecule has 1 aliphatic carbocycles. The van der Waals surface area contributed by atoms with Gasteiger partial charge in [0.2, 0.25) is 0 Å². The topological polar surface area (TPSA) is 49.7 Å². The summed E-state index contributed by atoms with van der Waals surface area (Å²) in [6.45, 7) is 2.78. The van der Waals surface area contributed by atoms with Crippen molar-refractivity contribution in [3.8, 4) is 0 Å². The summed E-state index contributed by atoms with van der Waals surface area (Å²) in [4.78, 5) is 0. The number of hydrogen-bond acceptors (Lipinski definition) is 3. The zero-order valence-electron chi connectivity index (χ0n) is 19.6. The van der Waals surface area contributed by atoms with Crippen LogP contribution in [0.1, 0.15) is 129 Å². The van der Waals surface area contributed by atoms with Crippen molar-refractivity contribution in [1.29, 1.82) is 0 Å². The van der Waals surface area contributed by atoms with Gasteiger partial charge in [-0.3, -0.25) is 0 Å². The van der Waals surface area contributed by atoms with Gasteiger partial charge in [-0.2, -0.15) is 0 Å². The van der Waals surface area contributed by atoms with E-state index in [0.29, 0.717) is 6.61 Å². The first kappa shape index (κ1) is 26.9. The molecule has 0 aromatic carbocycles. The van der Waals surface area contributed by atoms with Crippen molar-refractivity contribution in [1.82, 2.24) is 0 Å². The summed E-state index contributed by atoms with van der Waals surface area (Å²) in [5.41, 5.74) is 0. The molecule has 0 heterocycles. The third kappa shape index (κ3) is 16.3. The van der Waals surface area contributed by atoms with Gasteiger partial charge in [0.1, 0.15) is 6.10 Å². The van der Waals surface area contributed by atoms with Gasteiger partial charge in [-0.25, -0.2) is 0 Å². The number of rotatable bonds is 23. The molecule has 0 radical (unpaired) electrons. The maximum Gasteiger partial charge on any atom is 0.104 e. The van der Waals surface area contributed by atoms with Gasteiger partial charge in [0.05, 0.1) is 13.2 Å². The first-order chi connectivity index (χ1) is 14.3. The fourth-order valence-corrected chi connectivity index (χ4v) is 4.54. The summed E-state index contributed by atoms with van der Waals surface area (Å²) in [6.07, 6.45) is 26.3. The second-order valence-electron chi connectivity index (χ2n) is 9.49. The highest BCUT2D eigenvalue weighted by atomic mass is 16.5. The van der Waals surface area contributed by atoms with Crippen LogP contribution >= 0.6 is 0 Å². The Hall–Kier alpha value is -0.120. The predicted molar refractivity (Wildman–Crippen MR) is 124 cm³/mol. The molecule has 3 heteroatoms. The summed E-state index contributed by atoms with van der Waals surface area (Å²) in [6, 6.07) is 0. The molecule has 0 spiro atoms. The monoisotopic (exact) mass is 412 g/mol. The number of unbranched alkanes of at least 4 members (excludes halogenated alkanes) is 14. The zero-order chi connectivity index (χ0) is 21.0. The number of ether oxygens (including phenoxy) is 1. The van der Waals surface area contributed by atoms with Gasteiger partial charge in [0, 0.05) is 6.61 Å². The fourth-order valence-electron chi connectivity index (χ4n) is 4.54. The number of aliphatic hydroxyl groups is 2. The van der Waals surface area contributed by atoms with E-state index in [1.54, 1.807) is 6.42 Å². The minimum atomic E-state index is -0.388. The normalized spacial score (nSPS) is 18.6. The number of hydrogen-bond donors (Lipinski definition) is 2. The van der Waals surface area contributed by atoms with Crippen molar-refractivity contribution in [3.63, 3.8) is 0 Å². The van der Waals surface area contributed by atoms with Crippen molar-refractivity contribution < 1.29 is 14.9 Å².